The third kappa shape index (κ3) is 5.84. The van der Waals surface area contributed by atoms with E-state index in [1.54, 1.807) is 17.0 Å². The number of halogens is 2. The maximum Gasteiger partial charge on any atom is 0.322 e. The van der Waals surface area contributed by atoms with Crippen molar-refractivity contribution in [3.05, 3.63) is 90.7 Å². The van der Waals surface area contributed by atoms with Crippen molar-refractivity contribution < 1.29 is 22.8 Å². The molecule has 0 unspecified atom stereocenters. The van der Waals surface area contributed by atoms with Crippen LogP contribution in [0.15, 0.2) is 72.0 Å². The number of furan rings is 1. The van der Waals surface area contributed by atoms with Crippen molar-refractivity contribution in [2.45, 2.75) is 13.1 Å². The molecule has 0 bridgehead atoms. The normalized spacial score (nSPS) is 10.6. The summed E-state index contributed by atoms with van der Waals surface area (Å²) in [7, 11) is 1.87. The summed E-state index contributed by atoms with van der Waals surface area (Å²) in [4.78, 5) is 28.6. The van der Waals surface area contributed by atoms with Gasteiger partial charge in [0.15, 0.2) is 0 Å². The largest absolute Gasteiger partial charge is 0.467 e. The van der Waals surface area contributed by atoms with Gasteiger partial charge in [-0.2, -0.15) is 0 Å². The molecule has 3 aromatic rings. The molecule has 0 aliphatic heterocycles. The first-order valence-electron chi connectivity index (χ1n) is 9.89. The smallest absolute Gasteiger partial charge is 0.322 e. The Hall–Kier alpha value is -3.88. The van der Waals surface area contributed by atoms with E-state index in [0.717, 1.165) is 17.8 Å². The van der Waals surface area contributed by atoms with E-state index in [0.29, 0.717) is 18.4 Å². The summed E-state index contributed by atoms with van der Waals surface area (Å²) in [6, 6.07) is 9.38. The van der Waals surface area contributed by atoms with Crippen molar-refractivity contribution in [3.63, 3.8) is 0 Å². The number of hydrogen-bond acceptors (Lipinski definition) is 3. The molecule has 0 aliphatic carbocycles. The summed E-state index contributed by atoms with van der Waals surface area (Å²) in [6.45, 7) is 3.92. The second-order valence-corrected chi connectivity index (χ2v) is 7.16. The Morgan fingerprint density at radius 1 is 1.16 bits per heavy atom. The van der Waals surface area contributed by atoms with Crippen molar-refractivity contribution in [2.75, 3.05) is 18.4 Å². The van der Waals surface area contributed by atoms with Crippen LogP contribution >= 0.6 is 0 Å². The average Bonchev–Trinajstić information content (AvgIpc) is 3.41. The Bertz CT molecular complexity index is 1080. The molecule has 1 aromatic carbocycles. The molecule has 0 saturated heterocycles. The van der Waals surface area contributed by atoms with Crippen LogP contribution in [0.1, 0.15) is 11.5 Å². The number of carbonyl (C=O) groups excluding carboxylic acids is 2. The van der Waals surface area contributed by atoms with E-state index in [2.05, 4.69) is 11.9 Å². The zero-order valence-corrected chi connectivity index (χ0v) is 17.6. The standard InChI is InChI=1S/C23H24F2N4O3/c1-3-10-28(23(31)26-21-9-8-17(24)13-20(21)25)16-22(30)29(15-19-7-5-12-32-19)14-18-6-4-11-27(18)2/h3-9,11-13H,1,10,14-16H2,2H3,(H,26,31). The highest BCUT2D eigenvalue weighted by atomic mass is 19.1. The molecule has 0 saturated carbocycles. The number of nitrogens with one attached hydrogen (secondary N) is 1. The number of urea groups is 1. The molecule has 3 amide bonds. The minimum absolute atomic E-state index is 0.0547. The SMILES string of the molecule is C=CCN(CC(=O)N(Cc1ccco1)Cc1cccn1C)C(=O)Nc1ccc(F)cc1F. The Morgan fingerprint density at radius 2 is 1.97 bits per heavy atom. The molecule has 9 heteroatoms. The Kier molecular flexibility index (Phi) is 7.43. The highest BCUT2D eigenvalue weighted by Gasteiger charge is 2.23. The number of hydrogen-bond donors (Lipinski definition) is 1. The fourth-order valence-corrected chi connectivity index (χ4v) is 3.10. The molecular weight excluding hydrogens is 418 g/mol. The molecule has 32 heavy (non-hydrogen) atoms. The summed E-state index contributed by atoms with van der Waals surface area (Å²) < 4.78 is 34.3. The number of benzene rings is 1. The zero-order chi connectivity index (χ0) is 23.1. The lowest BCUT2D eigenvalue weighted by atomic mass is 10.3. The number of amides is 3. The van der Waals surface area contributed by atoms with E-state index in [9.17, 15) is 18.4 Å². The highest BCUT2D eigenvalue weighted by molar-refractivity contribution is 5.92. The summed E-state index contributed by atoms with van der Waals surface area (Å²) in [5.74, 6) is -1.40. The second kappa shape index (κ2) is 10.4. The fraction of sp³-hybridized carbons (Fsp3) is 0.217. The maximum atomic E-state index is 13.9. The number of aromatic nitrogens is 1. The van der Waals surface area contributed by atoms with E-state index in [1.807, 2.05) is 29.9 Å². The van der Waals surface area contributed by atoms with Gasteiger partial charge in [-0.15, -0.1) is 6.58 Å². The number of rotatable bonds is 9. The third-order valence-electron chi connectivity index (χ3n) is 4.82. The van der Waals surface area contributed by atoms with Crippen LogP contribution in [0, 0.1) is 11.6 Å². The minimum atomic E-state index is -0.911. The van der Waals surface area contributed by atoms with E-state index in [1.165, 1.54) is 17.2 Å². The lowest BCUT2D eigenvalue weighted by Crippen LogP contribution is -2.44. The lowest BCUT2D eigenvalue weighted by Gasteiger charge is -2.27. The summed E-state index contributed by atoms with van der Waals surface area (Å²) in [6.07, 6.45) is 4.86. The Labute approximate surface area is 184 Å². The molecule has 1 N–H and O–H groups in total. The number of carbonyl (C=O) groups is 2. The van der Waals surface area contributed by atoms with Crippen molar-refractivity contribution in [2.24, 2.45) is 7.05 Å². The van der Waals surface area contributed by atoms with Crippen LogP contribution in [0.5, 0.6) is 0 Å². The van der Waals surface area contributed by atoms with Gasteiger partial charge in [-0.05, 0) is 36.4 Å². The van der Waals surface area contributed by atoms with Gasteiger partial charge in [-0.25, -0.2) is 13.6 Å². The van der Waals surface area contributed by atoms with E-state index in [4.69, 9.17) is 4.42 Å². The first-order chi connectivity index (χ1) is 15.4. The number of anilines is 1. The van der Waals surface area contributed by atoms with Gasteiger partial charge in [0.2, 0.25) is 5.91 Å². The summed E-state index contributed by atoms with van der Waals surface area (Å²) in [5.41, 5.74) is 0.715. The first-order valence-corrected chi connectivity index (χ1v) is 9.89. The molecule has 7 nitrogen and oxygen atoms in total. The van der Waals surface area contributed by atoms with E-state index in [-0.39, 0.29) is 31.2 Å². The topological polar surface area (TPSA) is 70.7 Å². The predicted octanol–water partition coefficient (Wildman–Crippen LogP) is 4.15. The van der Waals surface area contributed by atoms with Crippen LogP contribution in [0.3, 0.4) is 0 Å². The van der Waals surface area contributed by atoms with Crippen LogP contribution in [0.4, 0.5) is 19.3 Å². The number of aryl methyl sites for hydroxylation is 1. The number of nitrogens with zero attached hydrogens (tertiary/aromatic N) is 3. The van der Waals surface area contributed by atoms with Gasteiger partial charge in [0, 0.05) is 31.5 Å². The van der Waals surface area contributed by atoms with Crippen LogP contribution in [0.2, 0.25) is 0 Å². The molecule has 0 fully saturated rings. The van der Waals surface area contributed by atoms with Gasteiger partial charge in [-0.1, -0.05) is 6.08 Å². The van der Waals surface area contributed by atoms with Crippen molar-refractivity contribution >= 4 is 17.6 Å². The molecule has 2 aromatic heterocycles. The first kappa shape index (κ1) is 22.8. The summed E-state index contributed by atoms with van der Waals surface area (Å²) in [5, 5.41) is 2.37. The van der Waals surface area contributed by atoms with Gasteiger partial charge in [0.25, 0.3) is 0 Å². The fourth-order valence-electron chi connectivity index (χ4n) is 3.10. The second-order valence-electron chi connectivity index (χ2n) is 7.16. The van der Waals surface area contributed by atoms with Crippen molar-refractivity contribution in [1.82, 2.24) is 14.4 Å². The maximum absolute atomic E-state index is 13.9. The molecular formula is C23H24F2N4O3. The molecule has 3 rings (SSSR count). The molecule has 0 radical (unpaired) electrons. The van der Waals surface area contributed by atoms with Crippen LogP contribution < -0.4 is 5.32 Å². The van der Waals surface area contributed by atoms with Gasteiger partial charge < -0.3 is 24.1 Å². The quantitative estimate of drug-likeness (QED) is 0.506. The average molecular weight is 442 g/mol. The summed E-state index contributed by atoms with van der Waals surface area (Å²) >= 11 is 0. The van der Waals surface area contributed by atoms with Gasteiger partial charge in [0.05, 0.1) is 25.0 Å². The highest BCUT2D eigenvalue weighted by Crippen LogP contribution is 2.16. The molecule has 0 spiro atoms. The van der Waals surface area contributed by atoms with E-state index >= 15 is 0 Å². The van der Waals surface area contributed by atoms with Crippen LogP contribution in [0.25, 0.3) is 0 Å². The Morgan fingerprint density at radius 3 is 2.59 bits per heavy atom. The van der Waals surface area contributed by atoms with Crippen LogP contribution in [-0.4, -0.2) is 39.4 Å². The molecule has 0 atom stereocenters. The molecule has 2 heterocycles. The van der Waals surface area contributed by atoms with Crippen LogP contribution in [-0.2, 0) is 24.9 Å². The predicted molar refractivity (Wildman–Crippen MR) is 116 cm³/mol. The van der Waals surface area contributed by atoms with Gasteiger partial charge in [0.1, 0.15) is 23.9 Å². The monoisotopic (exact) mass is 442 g/mol. The lowest BCUT2D eigenvalue weighted by molar-refractivity contribution is -0.133. The zero-order valence-electron chi connectivity index (χ0n) is 17.6. The minimum Gasteiger partial charge on any atom is -0.467 e. The van der Waals surface area contributed by atoms with E-state index < -0.39 is 17.7 Å². The molecule has 168 valence electrons. The van der Waals surface area contributed by atoms with Gasteiger partial charge in [-0.3, -0.25) is 4.79 Å². The van der Waals surface area contributed by atoms with Crippen molar-refractivity contribution in [3.8, 4) is 0 Å². The third-order valence-corrected chi connectivity index (χ3v) is 4.82. The molecule has 0 aliphatic rings. The Balaban J connectivity index is 1.74. The van der Waals surface area contributed by atoms with Crippen molar-refractivity contribution in [1.29, 1.82) is 0 Å². The van der Waals surface area contributed by atoms with Gasteiger partial charge >= 0.3 is 6.03 Å².